The third-order valence-corrected chi connectivity index (χ3v) is 4.22. The predicted octanol–water partition coefficient (Wildman–Crippen LogP) is 2.58. The van der Waals surface area contributed by atoms with E-state index in [-0.39, 0.29) is 19.6 Å². The Labute approximate surface area is 140 Å². The first kappa shape index (κ1) is 18.7. The number of benzene rings is 1. The van der Waals surface area contributed by atoms with Gasteiger partial charge in [-0.15, -0.1) is 0 Å². The Kier molecular flexibility index (Phi) is 6.23. The van der Waals surface area contributed by atoms with Crippen LogP contribution in [0.2, 0.25) is 0 Å². The quantitative estimate of drug-likeness (QED) is 0.862. The summed E-state index contributed by atoms with van der Waals surface area (Å²) >= 11 is 0. The van der Waals surface area contributed by atoms with Crippen LogP contribution in [0.1, 0.15) is 18.1 Å². The standard InChI is InChI=1S/C17H23F3N2O2/c1-3-24-11-13-6-4-12(5-7-13)8-21-16(23)14-9-22(2)10-15(14)17(18,19)20/h4-7,14-15H,3,8-11H2,1-2H3,(H,21,23)/t14-,15-/m1/s1. The van der Waals surface area contributed by atoms with Crippen LogP contribution < -0.4 is 5.32 Å². The molecule has 0 aromatic heterocycles. The first-order valence-corrected chi connectivity index (χ1v) is 7.99. The molecule has 1 aliphatic heterocycles. The van der Waals surface area contributed by atoms with Crippen LogP contribution in [0.5, 0.6) is 0 Å². The molecule has 2 atom stereocenters. The van der Waals surface area contributed by atoms with E-state index in [9.17, 15) is 18.0 Å². The second kappa shape index (κ2) is 7.98. The number of carbonyl (C=O) groups excluding carboxylic acids is 1. The Morgan fingerprint density at radius 1 is 1.25 bits per heavy atom. The van der Waals surface area contributed by atoms with Gasteiger partial charge >= 0.3 is 6.18 Å². The van der Waals surface area contributed by atoms with Crippen LogP contribution in [0.3, 0.4) is 0 Å². The molecule has 0 unspecified atom stereocenters. The highest BCUT2D eigenvalue weighted by Gasteiger charge is 2.51. The fraction of sp³-hybridized carbons (Fsp3) is 0.588. The Balaban J connectivity index is 1.90. The minimum Gasteiger partial charge on any atom is -0.377 e. The van der Waals surface area contributed by atoms with Gasteiger partial charge in [-0.05, 0) is 25.1 Å². The van der Waals surface area contributed by atoms with Crippen LogP contribution in [0.4, 0.5) is 13.2 Å². The van der Waals surface area contributed by atoms with Gasteiger partial charge in [0, 0.05) is 26.2 Å². The van der Waals surface area contributed by atoms with Crippen LogP contribution in [0.15, 0.2) is 24.3 Å². The molecule has 1 aromatic rings. The zero-order valence-corrected chi connectivity index (χ0v) is 13.9. The molecule has 1 aliphatic rings. The van der Waals surface area contributed by atoms with Crippen molar-refractivity contribution in [3.8, 4) is 0 Å². The third-order valence-electron chi connectivity index (χ3n) is 4.22. The SMILES string of the molecule is CCOCc1ccc(CNC(=O)[C@@H]2CN(C)C[C@H]2C(F)(F)F)cc1. The number of nitrogens with zero attached hydrogens (tertiary/aromatic N) is 1. The minimum atomic E-state index is -4.35. The summed E-state index contributed by atoms with van der Waals surface area (Å²) in [6, 6.07) is 7.46. The molecule has 0 bridgehead atoms. The molecule has 2 rings (SSSR count). The molecule has 0 radical (unpaired) electrons. The lowest BCUT2D eigenvalue weighted by atomic mass is 9.94. The monoisotopic (exact) mass is 344 g/mol. The first-order valence-electron chi connectivity index (χ1n) is 7.99. The van der Waals surface area contributed by atoms with E-state index in [0.29, 0.717) is 13.2 Å². The predicted molar refractivity (Wildman–Crippen MR) is 84.2 cm³/mol. The van der Waals surface area contributed by atoms with Crippen molar-refractivity contribution in [2.75, 3.05) is 26.7 Å². The van der Waals surface area contributed by atoms with Crippen molar-refractivity contribution in [2.45, 2.75) is 26.3 Å². The maximum Gasteiger partial charge on any atom is 0.393 e. The highest BCUT2D eigenvalue weighted by molar-refractivity contribution is 5.79. The van der Waals surface area contributed by atoms with Crippen molar-refractivity contribution in [3.05, 3.63) is 35.4 Å². The lowest BCUT2D eigenvalue weighted by molar-refractivity contribution is -0.183. The van der Waals surface area contributed by atoms with Crippen molar-refractivity contribution in [1.82, 2.24) is 10.2 Å². The molecule has 1 saturated heterocycles. The summed E-state index contributed by atoms with van der Waals surface area (Å²) in [6.07, 6.45) is -4.35. The topological polar surface area (TPSA) is 41.6 Å². The van der Waals surface area contributed by atoms with Gasteiger partial charge in [-0.25, -0.2) is 0 Å². The van der Waals surface area contributed by atoms with E-state index in [1.165, 1.54) is 0 Å². The molecule has 1 aromatic carbocycles. The molecule has 1 amide bonds. The molecule has 1 heterocycles. The van der Waals surface area contributed by atoms with Gasteiger partial charge in [0.2, 0.25) is 5.91 Å². The summed E-state index contributed by atoms with van der Waals surface area (Å²) < 4.78 is 44.4. The van der Waals surface area contributed by atoms with E-state index < -0.39 is 23.9 Å². The maximum absolute atomic E-state index is 13.0. The number of rotatable bonds is 6. The van der Waals surface area contributed by atoms with Crippen molar-refractivity contribution in [3.63, 3.8) is 0 Å². The van der Waals surface area contributed by atoms with Crippen molar-refractivity contribution < 1.29 is 22.7 Å². The van der Waals surface area contributed by atoms with E-state index >= 15 is 0 Å². The second-order valence-corrected chi connectivity index (χ2v) is 6.15. The van der Waals surface area contributed by atoms with Gasteiger partial charge in [-0.3, -0.25) is 4.79 Å². The molecule has 24 heavy (non-hydrogen) atoms. The van der Waals surface area contributed by atoms with Gasteiger partial charge < -0.3 is 15.0 Å². The van der Waals surface area contributed by atoms with Crippen LogP contribution in [-0.4, -0.2) is 43.7 Å². The van der Waals surface area contributed by atoms with E-state index in [1.54, 1.807) is 11.9 Å². The Hall–Kier alpha value is -1.60. The summed E-state index contributed by atoms with van der Waals surface area (Å²) in [5, 5.41) is 2.63. The number of halogens is 3. The number of alkyl halides is 3. The van der Waals surface area contributed by atoms with E-state index in [1.807, 2.05) is 31.2 Å². The molecular formula is C17H23F3N2O2. The zero-order chi connectivity index (χ0) is 17.7. The maximum atomic E-state index is 13.0. The number of carbonyl (C=O) groups is 1. The van der Waals surface area contributed by atoms with Crippen molar-refractivity contribution >= 4 is 5.91 Å². The number of hydrogen-bond acceptors (Lipinski definition) is 3. The average molecular weight is 344 g/mol. The van der Waals surface area contributed by atoms with E-state index in [4.69, 9.17) is 4.74 Å². The molecule has 0 aliphatic carbocycles. The largest absolute Gasteiger partial charge is 0.393 e. The molecule has 4 nitrogen and oxygen atoms in total. The lowest BCUT2D eigenvalue weighted by Gasteiger charge is -2.20. The van der Waals surface area contributed by atoms with Gasteiger partial charge in [-0.2, -0.15) is 13.2 Å². The van der Waals surface area contributed by atoms with Crippen molar-refractivity contribution in [2.24, 2.45) is 11.8 Å². The minimum absolute atomic E-state index is 0.128. The first-order chi connectivity index (χ1) is 11.3. The highest BCUT2D eigenvalue weighted by atomic mass is 19.4. The number of amides is 1. The Morgan fingerprint density at radius 2 is 1.88 bits per heavy atom. The van der Waals surface area contributed by atoms with E-state index in [2.05, 4.69) is 5.32 Å². The molecule has 7 heteroatoms. The van der Waals surface area contributed by atoms with Crippen LogP contribution in [-0.2, 0) is 22.7 Å². The number of ether oxygens (including phenoxy) is 1. The Bertz CT molecular complexity index is 546. The zero-order valence-electron chi connectivity index (χ0n) is 13.9. The van der Waals surface area contributed by atoms with Crippen LogP contribution in [0.25, 0.3) is 0 Å². The smallest absolute Gasteiger partial charge is 0.377 e. The summed E-state index contributed by atoms with van der Waals surface area (Å²) in [5.41, 5.74) is 1.86. The fourth-order valence-corrected chi connectivity index (χ4v) is 2.89. The van der Waals surface area contributed by atoms with Gasteiger partial charge in [0.1, 0.15) is 0 Å². The number of nitrogens with one attached hydrogen (secondary N) is 1. The summed E-state index contributed by atoms with van der Waals surface area (Å²) in [5.74, 6) is -3.19. The average Bonchev–Trinajstić information content (AvgIpc) is 2.94. The number of hydrogen-bond donors (Lipinski definition) is 1. The van der Waals surface area contributed by atoms with E-state index in [0.717, 1.165) is 11.1 Å². The normalized spacial score (nSPS) is 21.9. The summed E-state index contributed by atoms with van der Waals surface area (Å²) in [6.45, 7) is 3.28. The van der Waals surface area contributed by atoms with Gasteiger partial charge in [0.05, 0.1) is 18.4 Å². The van der Waals surface area contributed by atoms with Crippen LogP contribution in [0, 0.1) is 11.8 Å². The number of likely N-dealkylation sites (tertiary alicyclic amines) is 1. The molecule has 1 N–H and O–H groups in total. The van der Waals surface area contributed by atoms with Gasteiger partial charge in [0.15, 0.2) is 0 Å². The summed E-state index contributed by atoms with van der Waals surface area (Å²) in [4.78, 5) is 13.7. The van der Waals surface area contributed by atoms with Crippen molar-refractivity contribution in [1.29, 1.82) is 0 Å². The second-order valence-electron chi connectivity index (χ2n) is 6.15. The molecule has 134 valence electrons. The molecule has 0 saturated carbocycles. The highest BCUT2D eigenvalue weighted by Crippen LogP contribution is 2.37. The van der Waals surface area contributed by atoms with Gasteiger partial charge in [0.25, 0.3) is 0 Å². The summed E-state index contributed by atoms with van der Waals surface area (Å²) in [7, 11) is 1.60. The molecule has 0 spiro atoms. The Morgan fingerprint density at radius 3 is 2.46 bits per heavy atom. The fourth-order valence-electron chi connectivity index (χ4n) is 2.89. The van der Waals surface area contributed by atoms with Gasteiger partial charge in [-0.1, -0.05) is 24.3 Å². The third kappa shape index (κ3) is 4.95. The molecular weight excluding hydrogens is 321 g/mol. The molecule has 1 fully saturated rings. The van der Waals surface area contributed by atoms with Crippen LogP contribution >= 0.6 is 0 Å². The lowest BCUT2D eigenvalue weighted by Crippen LogP contribution is -2.39.